The first-order valence-corrected chi connectivity index (χ1v) is 9.11. The molecule has 0 aliphatic heterocycles. The maximum Gasteiger partial charge on any atom is 0.338 e. The van der Waals surface area contributed by atoms with Crippen molar-refractivity contribution in [2.75, 3.05) is 45.1 Å². The van der Waals surface area contributed by atoms with Gasteiger partial charge in [0, 0.05) is 24.2 Å². The van der Waals surface area contributed by atoms with Gasteiger partial charge in [0.25, 0.3) is 0 Å². The molecule has 4 N–H and O–H groups in total. The standard InChI is InChI=1S/C17H28BrN3O3/c1-3-21(4-2)12-14-10-13(11-15(18)16(14)19)17(23)24-9-7-20-6-5-8-22/h10-11,20,22H,3-9,12,19H2,1-2H3. The molecule has 1 rings (SSSR count). The van der Waals surface area contributed by atoms with Crippen LogP contribution in [0.3, 0.4) is 0 Å². The molecule has 0 aromatic heterocycles. The van der Waals surface area contributed by atoms with E-state index in [1.54, 1.807) is 12.1 Å². The number of esters is 1. The number of aliphatic hydroxyl groups excluding tert-OH is 1. The van der Waals surface area contributed by atoms with Crippen molar-refractivity contribution in [1.29, 1.82) is 0 Å². The van der Waals surface area contributed by atoms with Gasteiger partial charge in [0.1, 0.15) is 6.61 Å². The zero-order valence-corrected chi connectivity index (χ0v) is 16.1. The van der Waals surface area contributed by atoms with Gasteiger partial charge in [-0.05, 0) is 59.7 Å². The van der Waals surface area contributed by atoms with Gasteiger partial charge in [-0.2, -0.15) is 0 Å². The van der Waals surface area contributed by atoms with E-state index in [-0.39, 0.29) is 19.2 Å². The van der Waals surface area contributed by atoms with Gasteiger partial charge in [-0.25, -0.2) is 4.79 Å². The van der Waals surface area contributed by atoms with Crippen LogP contribution in [0.15, 0.2) is 16.6 Å². The largest absolute Gasteiger partial charge is 0.461 e. The Balaban J connectivity index is 2.66. The Hall–Kier alpha value is -1.15. The Morgan fingerprint density at radius 3 is 2.67 bits per heavy atom. The van der Waals surface area contributed by atoms with Gasteiger partial charge in [-0.15, -0.1) is 0 Å². The SMILES string of the molecule is CCN(CC)Cc1cc(C(=O)OCCNCCCO)cc(Br)c1N. The van der Waals surface area contributed by atoms with E-state index in [0.29, 0.717) is 41.8 Å². The van der Waals surface area contributed by atoms with Crippen LogP contribution < -0.4 is 11.1 Å². The Morgan fingerprint density at radius 1 is 1.33 bits per heavy atom. The van der Waals surface area contributed by atoms with Crippen molar-refractivity contribution >= 4 is 27.6 Å². The monoisotopic (exact) mass is 401 g/mol. The summed E-state index contributed by atoms with van der Waals surface area (Å²) in [6.45, 7) is 8.43. The molecule has 0 saturated heterocycles. The summed E-state index contributed by atoms with van der Waals surface area (Å²) in [4.78, 5) is 14.4. The molecule has 0 unspecified atom stereocenters. The van der Waals surface area contributed by atoms with Gasteiger partial charge in [-0.1, -0.05) is 13.8 Å². The topological polar surface area (TPSA) is 87.8 Å². The number of carbonyl (C=O) groups is 1. The van der Waals surface area contributed by atoms with Crippen LogP contribution >= 0.6 is 15.9 Å². The fraction of sp³-hybridized carbons (Fsp3) is 0.588. The predicted octanol–water partition coefficient (Wildman–Crippen LogP) is 2.00. The molecule has 0 amide bonds. The first-order chi connectivity index (χ1) is 11.5. The van der Waals surface area contributed by atoms with Crippen LogP contribution in [0.25, 0.3) is 0 Å². The summed E-state index contributed by atoms with van der Waals surface area (Å²) in [6, 6.07) is 3.50. The summed E-state index contributed by atoms with van der Waals surface area (Å²) in [7, 11) is 0. The molecule has 24 heavy (non-hydrogen) atoms. The lowest BCUT2D eigenvalue weighted by Crippen LogP contribution is -2.24. The van der Waals surface area contributed by atoms with Gasteiger partial charge in [0.15, 0.2) is 0 Å². The molecule has 1 aromatic carbocycles. The highest BCUT2D eigenvalue weighted by molar-refractivity contribution is 9.10. The van der Waals surface area contributed by atoms with Gasteiger partial charge >= 0.3 is 5.97 Å². The number of halogens is 1. The van der Waals surface area contributed by atoms with Crippen LogP contribution in [0.1, 0.15) is 36.2 Å². The van der Waals surface area contributed by atoms with Crippen LogP contribution in [0.2, 0.25) is 0 Å². The molecular formula is C17H28BrN3O3. The molecule has 6 nitrogen and oxygen atoms in total. The average molecular weight is 402 g/mol. The van der Waals surface area contributed by atoms with Gasteiger partial charge in [-0.3, -0.25) is 4.90 Å². The summed E-state index contributed by atoms with van der Waals surface area (Å²) in [5.74, 6) is -0.361. The quantitative estimate of drug-likeness (QED) is 0.298. The number of nitrogens with one attached hydrogen (secondary N) is 1. The first-order valence-electron chi connectivity index (χ1n) is 8.32. The fourth-order valence-corrected chi connectivity index (χ4v) is 2.74. The minimum atomic E-state index is -0.361. The summed E-state index contributed by atoms with van der Waals surface area (Å²) in [5, 5.41) is 11.8. The minimum absolute atomic E-state index is 0.154. The van der Waals surface area contributed by atoms with Crippen LogP contribution in [0.4, 0.5) is 5.69 Å². The number of carbonyl (C=O) groups excluding carboxylic acids is 1. The highest BCUT2D eigenvalue weighted by Gasteiger charge is 2.14. The number of benzene rings is 1. The highest BCUT2D eigenvalue weighted by atomic mass is 79.9. The van der Waals surface area contributed by atoms with Crippen molar-refractivity contribution < 1.29 is 14.6 Å². The van der Waals surface area contributed by atoms with Crippen molar-refractivity contribution in [3.63, 3.8) is 0 Å². The second-order valence-corrected chi connectivity index (χ2v) is 6.31. The highest BCUT2D eigenvalue weighted by Crippen LogP contribution is 2.27. The van der Waals surface area contributed by atoms with E-state index in [0.717, 1.165) is 18.7 Å². The minimum Gasteiger partial charge on any atom is -0.461 e. The normalized spacial score (nSPS) is 11.0. The van der Waals surface area contributed by atoms with Gasteiger partial charge in [0.05, 0.1) is 11.3 Å². The van der Waals surface area contributed by atoms with E-state index in [2.05, 4.69) is 40.0 Å². The molecule has 0 heterocycles. The van der Waals surface area contributed by atoms with Crippen LogP contribution in [-0.2, 0) is 11.3 Å². The third kappa shape index (κ3) is 6.76. The molecule has 0 atom stereocenters. The maximum absolute atomic E-state index is 12.2. The fourth-order valence-electron chi connectivity index (χ4n) is 2.24. The molecule has 0 aliphatic rings. The molecule has 0 radical (unpaired) electrons. The molecule has 1 aromatic rings. The van der Waals surface area contributed by atoms with Crippen molar-refractivity contribution in [2.24, 2.45) is 0 Å². The van der Waals surface area contributed by atoms with E-state index in [9.17, 15) is 4.79 Å². The Kier molecular flexibility index (Phi) is 9.94. The van der Waals surface area contributed by atoms with E-state index < -0.39 is 0 Å². The number of hydrogen-bond acceptors (Lipinski definition) is 6. The molecule has 0 saturated carbocycles. The molecule has 136 valence electrons. The summed E-state index contributed by atoms with van der Waals surface area (Å²) < 4.78 is 5.99. The predicted molar refractivity (Wildman–Crippen MR) is 100 cm³/mol. The molecule has 0 fully saturated rings. The van der Waals surface area contributed by atoms with E-state index >= 15 is 0 Å². The van der Waals surface area contributed by atoms with Gasteiger partial charge < -0.3 is 20.9 Å². The van der Waals surface area contributed by atoms with Crippen molar-refractivity contribution in [1.82, 2.24) is 10.2 Å². The lowest BCUT2D eigenvalue weighted by Gasteiger charge is -2.20. The number of anilines is 1. The summed E-state index contributed by atoms with van der Waals surface area (Å²) in [5.41, 5.74) is 8.19. The van der Waals surface area contributed by atoms with Crippen molar-refractivity contribution in [2.45, 2.75) is 26.8 Å². The molecule has 0 bridgehead atoms. The summed E-state index contributed by atoms with van der Waals surface area (Å²) in [6.07, 6.45) is 0.688. The van der Waals surface area contributed by atoms with Crippen LogP contribution in [-0.4, -0.2) is 55.4 Å². The first kappa shape index (κ1) is 20.9. The average Bonchev–Trinajstić information content (AvgIpc) is 2.58. The number of nitrogens with zero attached hydrogens (tertiary/aromatic N) is 1. The zero-order valence-electron chi connectivity index (χ0n) is 14.5. The Bertz CT molecular complexity index is 522. The van der Waals surface area contributed by atoms with Crippen molar-refractivity contribution in [3.05, 3.63) is 27.7 Å². The third-order valence-corrected chi connectivity index (χ3v) is 4.42. The number of hydrogen-bond donors (Lipinski definition) is 3. The Morgan fingerprint density at radius 2 is 2.04 bits per heavy atom. The van der Waals surface area contributed by atoms with Gasteiger partial charge in [0.2, 0.25) is 0 Å². The number of nitrogen functional groups attached to an aromatic ring is 1. The molecule has 0 spiro atoms. The summed E-state index contributed by atoms with van der Waals surface area (Å²) >= 11 is 3.42. The maximum atomic E-state index is 12.2. The van der Waals surface area contributed by atoms with Crippen molar-refractivity contribution in [3.8, 4) is 0 Å². The molecule has 7 heteroatoms. The van der Waals surface area contributed by atoms with E-state index in [1.165, 1.54) is 0 Å². The lowest BCUT2D eigenvalue weighted by molar-refractivity contribution is 0.0508. The van der Waals surface area contributed by atoms with E-state index in [1.807, 2.05) is 0 Å². The Labute approximate surface area is 152 Å². The third-order valence-electron chi connectivity index (χ3n) is 3.76. The number of ether oxygens (including phenoxy) is 1. The number of rotatable bonds is 11. The van der Waals surface area contributed by atoms with Crippen LogP contribution in [0.5, 0.6) is 0 Å². The second-order valence-electron chi connectivity index (χ2n) is 5.46. The zero-order chi connectivity index (χ0) is 17.9. The number of aliphatic hydroxyl groups is 1. The number of nitrogens with two attached hydrogens (primary N) is 1. The molecule has 0 aliphatic carbocycles. The lowest BCUT2D eigenvalue weighted by atomic mass is 10.1. The molecular weight excluding hydrogens is 374 g/mol. The van der Waals surface area contributed by atoms with Crippen LogP contribution in [0, 0.1) is 0 Å². The van der Waals surface area contributed by atoms with E-state index in [4.69, 9.17) is 15.6 Å². The second kappa shape index (κ2) is 11.4. The smallest absolute Gasteiger partial charge is 0.338 e.